The van der Waals surface area contributed by atoms with Gasteiger partial charge in [-0.05, 0) is 19.3 Å². The normalized spacial score (nSPS) is 10.4. The van der Waals surface area contributed by atoms with E-state index in [2.05, 4.69) is 18.8 Å². The first-order chi connectivity index (χ1) is 5.36. The van der Waals surface area contributed by atoms with Crippen LogP contribution in [0, 0.1) is 0 Å². The van der Waals surface area contributed by atoms with Crippen LogP contribution < -0.4 is 0 Å². The quantitative estimate of drug-likeness (QED) is 0.675. The molecule has 2 heteroatoms. The Hall–Kier alpha value is -0.370. The Bertz CT molecular complexity index is 205. The fourth-order valence-corrected chi connectivity index (χ4v) is 1.86. The molecule has 0 N–H and O–H groups in total. The first kappa shape index (κ1) is 8.72. The van der Waals surface area contributed by atoms with E-state index in [0.717, 1.165) is 6.42 Å². The van der Waals surface area contributed by atoms with Crippen molar-refractivity contribution in [3.8, 4) is 0 Å². The van der Waals surface area contributed by atoms with Gasteiger partial charge in [0.2, 0.25) is 0 Å². The van der Waals surface area contributed by atoms with Gasteiger partial charge in [-0.3, -0.25) is 0 Å². The van der Waals surface area contributed by atoms with Gasteiger partial charge >= 0.3 is 0 Å². The van der Waals surface area contributed by atoms with Gasteiger partial charge in [0.05, 0.1) is 5.01 Å². The highest BCUT2D eigenvalue weighted by atomic mass is 32.1. The molecule has 0 fully saturated rings. The predicted molar refractivity (Wildman–Crippen MR) is 50.1 cm³/mol. The van der Waals surface area contributed by atoms with E-state index in [4.69, 9.17) is 0 Å². The summed E-state index contributed by atoms with van der Waals surface area (Å²) in [6.45, 7) is 4.39. The molecule has 0 radical (unpaired) electrons. The van der Waals surface area contributed by atoms with Crippen LogP contribution in [0.15, 0.2) is 6.20 Å². The second-order valence-corrected chi connectivity index (χ2v) is 3.88. The van der Waals surface area contributed by atoms with Crippen LogP contribution >= 0.6 is 11.3 Å². The van der Waals surface area contributed by atoms with Crippen molar-refractivity contribution in [1.82, 2.24) is 4.98 Å². The fourth-order valence-electron chi connectivity index (χ4n) is 0.955. The van der Waals surface area contributed by atoms with Crippen molar-refractivity contribution in [2.75, 3.05) is 0 Å². The Labute approximate surface area is 72.5 Å². The predicted octanol–water partition coefficient (Wildman–Crippen LogP) is 3.05. The monoisotopic (exact) mass is 169 g/mol. The van der Waals surface area contributed by atoms with E-state index >= 15 is 0 Å². The molecule has 1 rings (SSSR count). The Morgan fingerprint density at radius 1 is 1.45 bits per heavy atom. The standard InChI is InChI=1S/C9H15NS/c1-3-5-6-9-10-7-8(4-2)11-9/h7H,3-6H2,1-2H3. The number of hydrogen-bond acceptors (Lipinski definition) is 2. The average Bonchev–Trinajstić information content (AvgIpc) is 2.48. The first-order valence-corrected chi connectivity index (χ1v) is 5.12. The Morgan fingerprint density at radius 2 is 2.27 bits per heavy atom. The van der Waals surface area contributed by atoms with Gasteiger partial charge in [-0.2, -0.15) is 0 Å². The van der Waals surface area contributed by atoms with Gasteiger partial charge in [0, 0.05) is 11.1 Å². The number of unbranched alkanes of at least 4 members (excludes halogenated alkanes) is 1. The minimum absolute atomic E-state index is 1.13. The molecule has 0 saturated carbocycles. The lowest BCUT2D eigenvalue weighted by Crippen LogP contribution is -1.80. The van der Waals surface area contributed by atoms with Gasteiger partial charge in [-0.25, -0.2) is 4.98 Å². The third kappa shape index (κ3) is 2.62. The molecule has 0 spiro atoms. The lowest BCUT2D eigenvalue weighted by atomic mass is 10.3. The highest BCUT2D eigenvalue weighted by Crippen LogP contribution is 2.15. The maximum absolute atomic E-state index is 4.34. The van der Waals surface area contributed by atoms with Crippen molar-refractivity contribution in [2.45, 2.75) is 39.5 Å². The molecule has 0 saturated heterocycles. The smallest absolute Gasteiger partial charge is 0.0927 e. The molecule has 1 aromatic heterocycles. The Morgan fingerprint density at radius 3 is 2.82 bits per heavy atom. The summed E-state index contributed by atoms with van der Waals surface area (Å²) in [5.41, 5.74) is 0. The summed E-state index contributed by atoms with van der Waals surface area (Å²) in [4.78, 5) is 5.76. The van der Waals surface area contributed by atoms with Gasteiger partial charge in [0.25, 0.3) is 0 Å². The fraction of sp³-hybridized carbons (Fsp3) is 0.667. The number of aryl methyl sites for hydroxylation is 2. The van der Waals surface area contributed by atoms with Gasteiger partial charge in [-0.15, -0.1) is 11.3 Å². The minimum Gasteiger partial charge on any atom is -0.249 e. The molecule has 0 aliphatic rings. The molecule has 0 amide bonds. The molecule has 0 bridgehead atoms. The number of nitrogens with zero attached hydrogens (tertiary/aromatic N) is 1. The lowest BCUT2D eigenvalue weighted by molar-refractivity contribution is 0.790. The van der Waals surface area contributed by atoms with Gasteiger partial charge in [0.1, 0.15) is 0 Å². The summed E-state index contributed by atoms with van der Waals surface area (Å²) in [7, 11) is 0. The summed E-state index contributed by atoms with van der Waals surface area (Å²) in [6.07, 6.45) is 6.85. The average molecular weight is 169 g/mol. The van der Waals surface area contributed by atoms with Crippen LogP contribution in [0.1, 0.15) is 36.6 Å². The molecule has 1 aromatic rings. The number of aromatic nitrogens is 1. The van der Waals surface area contributed by atoms with Crippen LogP contribution in [-0.4, -0.2) is 4.98 Å². The van der Waals surface area contributed by atoms with Crippen LogP contribution in [0.25, 0.3) is 0 Å². The second-order valence-electron chi connectivity index (χ2n) is 2.68. The number of thiazole rings is 1. The van der Waals surface area contributed by atoms with E-state index < -0.39 is 0 Å². The molecule has 0 unspecified atom stereocenters. The molecule has 0 aliphatic heterocycles. The van der Waals surface area contributed by atoms with Crippen LogP contribution in [0.5, 0.6) is 0 Å². The highest BCUT2D eigenvalue weighted by Gasteiger charge is 1.98. The summed E-state index contributed by atoms with van der Waals surface area (Å²) in [6, 6.07) is 0. The van der Waals surface area contributed by atoms with Crippen LogP contribution in [-0.2, 0) is 12.8 Å². The van der Waals surface area contributed by atoms with Crippen LogP contribution in [0.2, 0.25) is 0 Å². The van der Waals surface area contributed by atoms with Crippen molar-refractivity contribution in [3.05, 3.63) is 16.1 Å². The summed E-state index contributed by atoms with van der Waals surface area (Å²) in [5, 5.41) is 1.31. The molecular formula is C9H15NS. The van der Waals surface area contributed by atoms with E-state index in [9.17, 15) is 0 Å². The van der Waals surface area contributed by atoms with Gasteiger partial charge in [-0.1, -0.05) is 20.3 Å². The Kier molecular flexibility index (Phi) is 3.57. The summed E-state index contributed by atoms with van der Waals surface area (Å²) >= 11 is 1.86. The maximum atomic E-state index is 4.34. The van der Waals surface area contributed by atoms with Crippen molar-refractivity contribution < 1.29 is 0 Å². The highest BCUT2D eigenvalue weighted by molar-refractivity contribution is 7.11. The molecule has 1 nitrogen and oxygen atoms in total. The van der Waals surface area contributed by atoms with E-state index in [-0.39, 0.29) is 0 Å². The molecule has 62 valence electrons. The SMILES string of the molecule is CCCCc1ncc(CC)s1. The van der Waals surface area contributed by atoms with Crippen molar-refractivity contribution in [3.63, 3.8) is 0 Å². The van der Waals surface area contributed by atoms with Crippen molar-refractivity contribution >= 4 is 11.3 Å². The lowest BCUT2D eigenvalue weighted by Gasteiger charge is -1.90. The zero-order valence-corrected chi connectivity index (χ0v) is 8.08. The maximum Gasteiger partial charge on any atom is 0.0927 e. The second kappa shape index (κ2) is 4.50. The molecule has 1 heterocycles. The zero-order chi connectivity index (χ0) is 8.10. The van der Waals surface area contributed by atoms with Crippen LogP contribution in [0.4, 0.5) is 0 Å². The number of hydrogen-bond donors (Lipinski definition) is 0. The van der Waals surface area contributed by atoms with Crippen LogP contribution in [0.3, 0.4) is 0 Å². The van der Waals surface area contributed by atoms with E-state index in [0.29, 0.717) is 0 Å². The largest absolute Gasteiger partial charge is 0.249 e. The molecular weight excluding hydrogens is 154 g/mol. The van der Waals surface area contributed by atoms with E-state index in [1.54, 1.807) is 0 Å². The summed E-state index contributed by atoms with van der Waals surface area (Å²) in [5.74, 6) is 0. The third-order valence-corrected chi connectivity index (χ3v) is 2.90. The topological polar surface area (TPSA) is 12.9 Å². The zero-order valence-electron chi connectivity index (χ0n) is 7.26. The van der Waals surface area contributed by atoms with Gasteiger partial charge in [0.15, 0.2) is 0 Å². The molecule has 11 heavy (non-hydrogen) atoms. The minimum atomic E-state index is 1.13. The summed E-state index contributed by atoms with van der Waals surface area (Å²) < 4.78 is 0. The van der Waals surface area contributed by atoms with Crippen molar-refractivity contribution in [1.29, 1.82) is 0 Å². The van der Waals surface area contributed by atoms with E-state index in [1.165, 1.54) is 29.1 Å². The molecule has 0 atom stereocenters. The molecule has 0 aliphatic carbocycles. The first-order valence-electron chi connectivity index (χ1n) is 4.30. The number of rotatable bonds is 4. The Balaban J connectivity index is 2.44. The third-order valence-electron chi connectivity index (χ3n) is 1.69. The molecule has 0 aromatic carbocycles. The van der Waals surface area contributed by atoms with Crippen molar-refractivity contribution in [2.24, 2.45) is 0 Å². The van der Waals surface area contributed by atoms with Gasteiger partial charge < -0.3 is 0 Å². The van der Waals surface area contributed by atoms with E-state index in [1.807, 2.05) is 17.5 Å².